The molecule has 5 N–H and O–H groups in total. The molecule has 0 aromatic heterocycles. The van der Waals surface area contributed by atoms with Crippen LogP contribution in [0, 0.1) is 5.92 Å². The van der Waals surface area contributed by atoms with Crippen molar-refractivity contribution in [2.75, 3.05) is 5.32 Å². The number of benzene rings is 1. The summed E-state index contributed by atoms with van der Waals surface area (Å²) in [7, 11) is 0. The van der Waals surface area contributed by atoms with Gasteiger partial charge in [-0.15, -0.1) is 0 Å². The number of aliphatic carboxylic acids is 1. The summed E-state index contributed by atoms with van der Waals surface area (Å²) in [4.78, 5) is 35.6. The molecule has 1 aromatic carbocycles. The first-order chi connectivity index (χ1) is 12.7. The summed E-state index contributed by atoms with van der Waals surface area (Å²) < 4.78 is 0. The van der Waals surface area contributed by atoms with Crippen LogP contribution in [-0.4, -0.2) is 35.0 Å². The third kappa shape index (κ3) is 8.21. The molecule has 0 aliphatic rings. The molecule has 2 atom stereocenters. The normalized spacial score (nSPS) is 13.1. The Hall–Kier alpha value is -2.41. The first kappa shape index (κ1) is 22.6. The van der Waals surface area contributed by atoms with Crippen LogP contribution in [0.4, 0.5) is 5.69 Å². The number of rotatable bonds is 11. The summed E-state index contributed by atoms with van der Waals surface area (Å²) in [5, 5.41) is 14.3. The molecule has 0 saturated heterocycles. The molecule has 0 unspecified atom stereocenters. The van der Waals surface area contributed by atoms with Gasteiger partial charge in [0.1, 0.15) is 6.04 Å². The zero-order valence-electron chi connectivity index (χ0n) is 16.3. The minimum absolute atomic E-state index is 0.0221. The number of anilines is 1. The van der Waals surface area contributed by atoms with E-state index in [-0.39, 0.29) is 24.2 Å². The summed E-state index contributed by atoms with van der Waals surface area (Å²) in [5.41, 5.74) is 7.08. The number of nitrogens with two attached hydrogens (primary N) is 1. The van der Waals surface area contributed by atoms with E-state index in [0.29, 0.717) is 17.7 Å². The van der Waals surface area contributed by atoms with E-state index in [1.54, 1.807) is 24.3 Å². The van der Waals surface area contributed by atoms with Crippen molar-refractivity contribution in [3.05, 3.63) is 29.8 Å². The Morgan fingerprint density at radius 1 is 1.07 bits per heavy atom. The van der Waals surface area contributed by atoms with E-state index in [4.69, 9.17) is 10.8 Å². The lowest BCUT2D eigenvalue weighted by Crippen LogP contribution is -2.51. The van der Waals surface area contributed by atoms with Crippen LogP contribution in [0.2, 0.25) is 0 Å². The van der Waals surface area contributed by atoms with E-state index in [1.165, 1.54) is 0 Å². The first-order valence-corrected chi connectivity index (χ1v) is 9.42. The highest BCUT2D eigenvalue weighted by Gasteiger charge is 2.25. The molecule has 1 rings (SSSR count). The van der Waals surface area contributed by atoms with E-state index >= 15 is 0 Å². The number of carboxylic acid groups (broad SMARTS) is 1. The molecule has 1 aromatic rings. The molecule has 7 nitrogen and oxygen atoms in total. The molecule has 150 valence electrons. The molecule has 0 fully saturated rings. The molecule has 0 saturated carbocycles. The Kier molecular flexibility index (Phi) is 9.50. The third-order valence-electron chi connectivity index (χ3n) is 4.33. The molecule has 0 spiro atoms. The SMILES string of the molecule is CCCCC[C@H](NC(=O)[C@@H](N)C(C)C)C(=O)Nc1ccc(CC(=O)O)cc1. The molecule has 7 heteroatoms. The number of hydrogen-bond acceptors (Lipinski definition) is 4. The lowest BCUT2D eigenvalue weighted by Gasteiger charge is -2.22. The number of carboxylic acids is 1. The number of carbonyl (C=O) groups is 3. The molecule has 2 amide bonds. The second-order valence-corrected chi connectivity index (χ2v) is 7.08. The summed E-state index contributed by atoms with van der Waals surface area (Å²) in [6.07, 6.45) is 3.27. The molecule has 0 aliphatic heterocycles. The average Bonchev–Trinajstić information content (AvgIpc) is 2.61. The van der Waals surface area contributed by atoms with E-state index in [0.717, 1.165) is 19.3 Å². The van der Waals surface area contributed by atoms with Crippen molar-refractivity contribution in [3.8, 4) is 0 Å². The average molecular weight is 377 g/mol. The highest BCUT2D eigenvalue weighted by Crippen LogP contribution is 2.13. The zero-order chi connectivity index (χ0) is 20.4. The summed E-state index contributed by atoms with van der Waals surface area (Å²) in [6.45, 7) is 5.78. The van der Waals surface area contributed by atoms with Gasteiger partial charge >= 0.3 is 5.97 Å². The van der Waals surface area contributed by atoms with Gasteiger partial charge in [-0.3, -0.25) is 14.4 Å². The largest absolute Gasteiger partial charge is 0.481 e. The van der Waals surface area contributed by atoms with Crippen LogP contribution in [0.15, 0.2) is 24.3 Å². The summed E-state index contributed by atoms with van der Waals surface area (Å²) >= 11 is 0. The fourth-order valence-corrected chi connectivity index (χ4v) is 2.55. The minimum Gasteiger partial charge on any atom is -0.481 e. The number of nitrogens with one attached hydrogen (secondary N) is 2. The standard InChI is InChI=1S/C20H31N3O4/c1-4-5-6-7-16(23-20(27)18(21)13(2)3)19(26)22-15-10-8-14(9-11-15)12-17(24)25/h8-11,13,16,18H,4-7,12,21H2,1-3H3,(H,22,26)(H,23,27)(H,24,25)/t16-,18-/m0/s1. The van der Waals surface area contributed by atoms with Crippen LogP contribution in [0.1, 0.15) is 52.0 Å². The molecular formula is C20H31N3O4. The lowest BCUT2D eigenvalue weighted by molar-refractivity contribution is -0.136. The van der Waals surface area contributed by atoms with Gasteiger partial charge in [0.05, 0.1) is 12.5 Å². The van der Waals surface area contributed by atoms with Gasteiger partial charge < -0.3 is 21.5 Å². The van der Waals surface area contributed by atoms with Crippen LogP contribution >= 0.6 is 0 Å². The molecular weight excluding hydrogens is 346 g/mol. The third-order valence-corrected chi connectivity index (χ3v) is 4.33. The van der Waals surface area contributed by atoms with Gasteiger partial charge in [0, 0.05) is 5.69 Å². The van der Waals surface area contributed by atoms with Crippen LogP contribution in [-0.2, 0) is 20.8 Å². The van der Waals surface area contributed by atoms with Gasteiger partial charge in [0.25, 0.3) is 0 Å². The predicted molar refractivity (Wildman–Crippen MR) is 105 cm³/mol. The number of amides is 2. The van der Waals surface area contributed by atoms with Gasteiger partial charge in [-0.05, 0) is 30.0 Å². The quantitative estimate of drug-likeness (QED) is 0.441. The monoisotopic (exact) mass is 377 g/mol. The fourth-order valence-electron chi connectivity index (χ4n) is 2.55. The number of unbranched alkanes of at least 4 members (excludes halogenated alkanes) is 2. The van der Waals surface area contributed by atoms with Gasteiger partial charge in [-0.1, -0.05) is 52.2 Å². The van der Waals surface area contributed by atoms with Crippen molar-refractivity contribution in [1.82, 2.24) is 5.32 Å². The molecule has 0 radical (unpaired) electrons. The van der Waals surface area contributed by atoms with Crippen LogP contribution < -0.4 is 16.4 Å². The van der Waals surface area contributed by atoms with Crippen LogP contribution in [0.25, 0.3) is 0 Å². The smallest absolute Gasteiger partial charge is 0.307 e. The van der Waals surface area contributed by atoms with Crippen LogP contribution in [0.5, 0.6) is 0 Å². The van der Waals surface area contributed by atoms with Crippen molar-refractivity contribution in [1.29, 1.82) is 0 Å². The molecule has 27 heavy (non-hydrogen) atoms. The fraction of sp³-hybridized carbons (Fsp3) is 0.550. The Morgan fingerprint density at radius 2 is 1.70 bits per heavy atom. The zero-order valence-corrected chi connectivity index (χ0v) is 16.3. The van der Waals surface area contributed by atoms with Crippen molar-refractivity contribution in [2.45, 2.75) is 65.0 Å². The first-order valence-electron chi connectivity index (χ1n) is 9.42. The Balaban J connectivity index is 2.76. The molecule has 0 heterocycles. The van der Waals surface area contributed by atoms with E-state index in [1.807, 2.05) is 13.8 Å². The minimum atomic E-state index is -0.910. The van der Waals surface area contributed by atoms with Crippen molar-refractivity contribution >= 4 is 23.5 Å². The van der Waals surface area contributed by atoms with Gasteiger partial charge in [-0.25, -0.2) is 0 Å². The van der Waals surface area contributed by atoms with Crippen molar-refractivity contribution < 1.29 is 19.5 Å². The Morgan fingerprint density at radius 3 is 2.22 bits per heavy atom. The van der Waals surface area contributed by atoms with Crippen molar-refractivity contribution in [2.24, 2.45) is 11.7 Å². The Bertz CT molecular complexity index is 629. The maximum absolute atomic E-state index is 12.6. The topological polar surface area (TPSA) is 122 Å². The maximum Gasteiger partial charge on any atom is 0.307 e. The van der Waals surface area contributed by atoms with E-state index < -0.39 is 18.1 Å². The van der Waals surface area contributed by atoms with E-state index in [9.17, 15) is 14.4 Å². The number of carbonyl (C=O) groups excluding carboxylic acids is 2. The van der Waals surface area contributed by atoms with Gasteiger partial charge in [-0.2, -0.15) is 0 Å². The van der Waals surface area contributed by atoms with Gasteiger partial charge in [0.15, 0.2) is 0 Å². The summed E-state index contributed by atoms with van der Waals surface area (Å²) in [5.74, 6) is -1.57. The second-order valence-electron chi connectivity index (χ2n) is 7.08. The number of hydrogen-bond donors (Lipinski definition) is 4. The van der Waals surface area contributed by atoms with Gasteiger partial charge in [0.2, 0.25) is 11.8 Å². The van der Waals surface area contributed by atoms with Crippen molar-refractivity contribution in [3.63, 3.8) is 0 Å². The maximum atomic E-state index is 12.6. The van der Waals surface area contributed by atoms with E-state index in [2.05, 4.69) is 17.6 Å². The predicted octanol–water partition coefficient (Wildman–Crippen LogP) is 2.30. The van der Waals surface area contributed by atoms with Crippen LogP contribution in [0.3, 0.4) is 0 Å². The second kappa shape index (κ2) is 11.3. The lowest BCUT2D eigenvalue weighted by atomic mass is 10.0. The summed E-state index contributed by atoms with van der Waals surface area (Å²) in [6, 6.07) is 5.29. The highest BCUT2D eigenvalue weighted by atomic mass is 16.4. The Labute approximate surface area is 160 Å². The highest BCUT2D eigenvalue weighted by molar-refractivity contribution is 5.97. The molecule has 0 bridgehead atoms. The molecule has 0 aliphatic carbocycles.